The van der Waals surface area contributed by atoms with Crippen molar-refractivity contribution in [1.29, 1.82) is 0 Å². The lowest BCUT2D eigenvalue weighted by atomic mass is 10.2. The number of pyridine rings is 1. The predicted octanol–water partition coefficient (Wildman–Crippen LogP) is 2.70. The van der Waals surface area contributed by atoms with Crippen LogP contribution in [-0.4, -0.2) is 46.7 Å². The Hall–Kier alpha value is -2.97. The van der Waals surface area contributed by atoms with E-state index in [1.54, 1.807) is 17.0 Å². The fourth-order valence-electron chi connectivity index (χ4n) is 3.26. The topological polar surface area (TPSA) is 75.2 Å². The molecule has 144 valence electrons. The molecule has 1 fully saturated rings. The van der Waals surface area contributed by atoms with Gasteiger partial charge in [-0.2, -0.15) is 0 Å². The van der Waals surface area contributed by atoms with Gasteiger partial charge < -0.3 is 19.9 Å². The fraction of sp³-hybridized carbons (Fsp3) is 0.250. The predicted molar refractivity (Wildman–Crippen MR) is 109 cm³/mol. The third kappa shape index (κ3) is 3.83. The molecule has 8 heteroatoms. The molecule has 1 aromatic carbocycles. The second-order valence-electron chi connectivity index (χ2n) is 6.42. The molecule has 2 N–H and O–H groups in total. The van der Waals surface area contributed by atoms with E-state index in [1.165, 1.54) is 0 Å². The Morgan fingerprint density at radius 2 is 1.96 bits per heavy atom. The lowest BCUT2D eigenvalue weighted by Crippen LogP contribution is -2.38. The standard InChI is InChI=1S/C20H21N5O2S/c26-19(17-14-23-20(28)25(17)16-6-2-1-3-7-16)22-13-15-5-4-8-21-18(15)24-9-11-27-12-10-24/h1-8,14H,9-13H2,(H,22,26)(H,23,28). The first-order chi connectivity index (χ1) is 13.7. The zero-order valence-electron chi connectivity index (χ0n) is 15.3. The zero-order valence-corrected chi connectivity index (χ0v) is 16.1. The molecule has 1 amide bonds. The molecule has 0 spiro atoms. The summed E-state index contributed by atoms with van der Waals surface area (Å²) < 4.78 is 7.63. The molecule has 0 bridgehead atoms. The summed E-state index contributed by atoms with van der Waals surface area (Å²) >= 11 is 5.36. The van der Waals surface area contributed by atoms with Crippen LogP contribution in [0.15, 0.2) is 54.9 Å². The Labute approximate surface area is 168 Å². The van der Waals surface area contributed by atoms with Crippen molar-refractivity contribution in [3.8, 4) is 5.69 Å². The highest BCUT2D eigenvalue weighted by Crippen LogP contribution is 2.19. The normalized spacial score (nSPS) is 14.1. The number of morpholine rings is 1. The summed E-state index contributed by atoms with van der Waals surface area (Å²) in [5.74, 6) is 0.688. The molecule has 7 nitrogen and oxygen atoms in total. The number of para-hydroxylation sites is 1. The van der Waals surface area contributed by atoms with Crippen molar-refractivity contribution in [1.82, 2.24) is 19.9 Å². The minimum atomic E-state index is -0.201. The third-order valence-corrected chi connectivity index (χ3v) is 4.94. The smallest absolute Gasteiger partial charge is 0.270 e. The molecule has 4 rings (SSSR count). The van der Waals surface area contributed by atoms with E-state index >= 15 is 0 Å². The van der Waals surface area contributed by atoms with E-state index in [0.717, 1.165) is 30.2 Å². The van der Waals surface area contributed by atoms with Gasteiger partial charge in [-0.05, 0) is 30.4 Å². The van der Waals surface area contributed by atoms with E-state index in [-0.39, 0.29) is 5.91 Å². The Morgan fingerprint density at radius 3 is 2.75 bits per heavy atom. The summed E-state index contributed by atoms with van der Waals surface area (Å²) in [7, 11) is 0. The number of ether oxygens (including phenoxy) is 1. The van der Waals surface area contributed by atoms with Gasteiger partial charge in [-0.3, -0.25) is 9.36 Å². The maximum absolute atomic E-state index is 12.9. The van der Waals surface area contributed by atoms with Crippen LogP contribution in [-0.2, 0) is 11.3 Å². The minimum Gasteiger partial charge on any atom is -0.378 e. The summed E-state index contributed by atoms with van der Waals surface area (Å²) in [5, 5.41) is 2.99. The molecular weight excluding hydrogens is 374 g/mol. The molecule has 0 saturated carbocycles. The number of amides is 1. The van der Waals surface area contributed by atoms with Gasteiger partial charge in [-0.15, -0.1) is 0 Å². The Balaban J connectivity index is 1.53. The molecule has 1 aliphatic rings. The number of H-pyrrole nitrogens is 1. The maximum Gasteiger partial charge on any atom is 0.270 e. The summed E-state index contributed by atoms with van der Waals surface area (Å²) in [6.45, 7) is 3.34. The second kappa shape index (κ2) is 8.37. The van der Waals surface area contributed by atoms with Gasteiger partial charge in [0.15, 0.2) is 4.77 Å². The number of nitrogens with zero attached hydrogens (tertiary/aromatic N) is 3. The van der Waals surface area contributed by atoms with Crippen molar-refractivity contribution in [3.63, 3.8) is 0 Å². The summed E-state index contributed by atoms with van der Waals surface area (Å²) in [6, 6.07) is 13.4. The third-order valence-electron chi connectivity index (χ3n) is 4.64. The molecule has 3 heterocycles. The molecule has 0 radical (unpaired) electrons. The monoisotopic (exact) mass is 395 g/mol. The number of hydrogen-bond acceptors (Lipinski definition) is 5. The first-order valence-corrected chi connectivity index (χ1v) is 9.55. The quantitative estimate of drug-likeness (QED) is 0.650. The average molecular weight is 395 g/mol. The van der Waals surface area contributed by atoms with Crippen molar-refractivity contribution in [2.24, 2.45) is 0 Å². The van der Waals surface area contributed by atoms with Gasteiger partial charge in [0.05, 0.1) is 13.2 Å². The molecule has 1 saturated heterocycles. The SMILES string of the molecule is O=C(NCc1cccnc1N1CCOCC1)c1c[nH]c(=S)n1-c1ccccc1. The average Bonchev–Trinajstić information content (AvgIpc) is 3.15. The number of carbonyl (C=O) groups excluding carboxylic acids is 1. The Bertz CT molecular complexity index is 1010. The minimum absolute atomic E-state index is 0.201. The van der Waals surface area contributed by atoms with Crippen molar-refractivity contribution in [3.05, 3.63) is 70.9 Å². The van der Waals surface area contributed by atoms with Crippen molar-refractivity contribution < 1.29 is 9.53 Å². The van der Waals surface area contributed by atoms with Crippen LogP contribution in [0, 0.1) is 4.77 Å². The van der Waals surface area contributed by atoms with Gasteiger partial charge in [0.1, 0.15) is 11.5 Å². The van der Waals surface area contributed by atoms with Crippen LogP contribution in [0.2, 0.25) is 0 Å². The van der Waals surface area contributed by atoms with E-state index in [4.69, 9.17) is 17.0 Å². The van der Waals surface area contributed by atoms with Crippen LogP contribution >= 0.6 is 12.2 Å². The number of carbonyl (C=O) groups is 1. The van der Waals surface area contributed by atoms with Crippen LogP contribution in [0.25, 0.3) is 5.69 Å². The summed E-state index contributed by atoms with van der Waals surface area (Å²) in [6.07, 6.45) is 3.41. The highest BCUT2D eigenvalue weighted by molar-refractivity contribution is 7.71. The Morgan fingerprint density at radius 1 is 1.18 bits per heavy atom. The molecule has 3 aromatic rings. The van der Waals surface area contributed by atoms with Gasteiger partial charge in [0.25, 0.3) is 5.91 Å². The highest BCUT2D eigenvalue weighted by Gasteiger charge is 2.18. The van der Waals surface area contributed by atoms with Crippen LogP contribution in [0.5, 0.6) is 0 Å². The number of aromatic nitrogens is 3. The molecule has 2 aromatic heterocycles. The van der Waals surface area contributed by atoms with Gasteiger partial charge in [-0.25, -0.2) is 4.98 Å². The molecule has 1 aliphatic heterocycles. The summed E-state index contributed by atoms with van der Waals surface area (Å²) in [4.78, 5) is 22.5. The van der Waals surface area contributed by atoms with E-state index in [0.29, 0.717) is 30.2 Å². The van der Waals surface area contributed by atoms with E-state index in [2.05, 4.69) is 20.2 Å². The van der Waals surface area contributed by atoms with Gasteiger partial charge >= 0.3 is 0 Å². The van der Waals surface area contributed by atoms with E-state index in [1.807, 2.05) is 42.5 Å². The molecule has 0 aliphatic carbocycles. The first kappa shape index (κ1) is 18.4. The van der Waals surface area contributed by atoms with Gasteiger partial charge in [0, 0.05) is 43.3 Å². The van der Waals surface area contributed by atoms with Crippen LogP contribution in [0.1, 0.15) is 16.1 Å². The molecular formula is C20H21N5O2S. The number of imidazole rings is 1. The largest absolute Gasteiger partial charge is 0.378 e. The summed E-state index contributed by atoms with van der Waals surface area (Å²) in [5.41, 5.74) is 2.28. The van der Waals surface area contributed by atoms with E-state index < -0.39 is 0 Å². The van der Waals surface area contributed by atoms with Crippen LogP contribution in [0.3, 0.4) is 0 Å². The van der Waals surface area contributed by atoms with Gasteiger partial charge in [0.2, 0.25) is 0 Å². The number of aromatic amines is 1. The number of rotatable bonds is 5. The van der Waals surface area contributed by atoms with Gasteiger partial charge in [-0.1, -0.05) is 24.3 Å². The van der Waals surface area contributed by atoms with Crippen molar-refractivity contribution in [2.45, 2.75) is 6.54 Å². The van der Waals surface area contributed by atoms with Crippen molar-refractivity contribution >= 4 is 23.9 Å². The first-order valence-electron chi connectivity index (χ1n) is 9.14. The lowest BCUT2D eigenvalue weighted by molar-refractivity contribution is 0.0943. The lowest BCUT2D eigenvalue weighted by Gasteiger charge is -2.29. The Kier molecular flexibility index (Phi) is 5.50. The van der Waals surface area contributed by atoms with Crippen LogP contribution in [0.4, 0.5) is 5.82 Å². The number of hydrogen-bond donors (Lipinski definition) is 2. The fourth-order valence-corrected chi connectivity index (χ4v) is 3.53. The highest BCUT2D eigenvalue weighted by atomic mass is 32.1. The van der Waals surface area contributed by atoms with Crippen LogP contribution < -0.4 is 10.2 Å². The van der Waals surface area contributed by atoms with Crippen molar-refractivity contribution in [2.75, 3.05) is 31.2 Å². The second-order valence-corrected chi connectivity index (χ2v) is 6.80. The number of nitrogens with one attached hydrogen (secondary N) is 2. The number of anilines is 1. The van der Waals surface area contributed by atoms with E-state index in [9.17, 15) is 4.79 Å². The molecule has 28 heavy (non-hydrogen) atoms. The molecule has 0 unspecified atom stereocenters. The maximum atomic E-state index is 12.9. The zero-order chi connectivity index (χ0) is 19.3. The number of benzene rings is 1. The molecule has 0 atom stereocenters.